The number of nitrogens with one attached hydrogen (secondary N) is 2. The van der Waals surface area contributed by atoms with Crippen LogP contribution in [0.3, 0.4) is 0 Å². The number of benzene rings is 2. The fourth-order valence-corrected chi connectivity index (χ4v) is 5.04. The molecule has 8 nitrogen and oxygen atoms in total. The number of piperidine rings is 1. The zero-order valence-corrected chi connectivity index (χ0v) is 19.0. The van der Waals surface area contributed by atoms with Crippen LogP contribution in [0.25, 0.3) is 0 Å². The number of ether oxygens (including phenoxy) is 1. The minimum Gasteiger partial charge on any atom is -0.492 e. The second kappa shape index (κ2) is 11.1. The van der Waals surface area contributed by atoms with Crippen LogP contribution in [0.2, 0.25) is 0 Å². The first-order valence-electron chi connectivity index (χ1n) is 10.8. The summed E-state index contributed by atoms with van der Waals surface area (Å²) < 4.78 is 33.0. The van der Waals surface area contributed by atoms with Crippen LogP contribution in [0, 0.1) is 0 Å². The second-order valence-corrected chi connectivity index (χ2v) is 9.41. The summed E-state index contributed by atoms with van der Waals surface area (Å²) in [7, 11) is -3.64. The Labute approximate surface area is 189 Å². The van der Waals surface area contributed by atoms with Crippen molar-refractivity contribution in [2.45, 2.75) is 37.5 Å². The average Bonchev–Trinajstić information content (AvgIpc) is 2.81. The molecule has 0 unspecified atom stereocenters. The Morgan fingerprint density at radius 3 is 2.44 bits per heavy atom. The van der Waals surface area contributed by atoms with Gasteiger partial charge < -0.3 is 15.4 Å². The van der Waals surface area contributed by atoms with E-state index in [-0.39, 0.29) is 29.7 Å². The van der Waals surface area contributed by atoms with Crippen LogP contribution in [0.1, 0.15) is 43.0 Å². The molecular weight excluding hydrogens is 430 g/mol. The number of amides is 2. The molecule has 2 N–H and O–H groups in total. The molecule has 0 atom stereocenters. The predicted octanol–water partition coefficient (Wildman–Crippen LogP) is 3.02. The maximum absolute atomic E-state index is 13.0. The lowest BCUT2D eigenvalue weighted by Crippen LogP contribution is -2.35. The Bertz CT molecular complexity index is 1030. The molecular formula is C23H29N3O5S. The number of carbonyl (C=O) groups excluding carboxylic acids is 2. The van der Waals surface area contributed by atoms with E-state index < -0.39 is 10.0 Å². The van der Waals surface area contributed by atoms with Gasteiger partial charge in [-0.15, -0.1) is 0 Å². The van der Waals surface area contributed by atoms with Gasteiger partial charge in [-0.2, -0.15) is 4.31 Å². The molecule has 1 fully saturated rings. The van der Waals surface area contributed by atoms with Crippen LogP contribution >= 0.6 is 0 Å². The van der Waals surface area contributed by atoms with Gasteiger partial charge in [0.05, 0.1) is 17.2 Å². The van der Waals surface area contributed by atoms with Crippen molar-refractivity contribution in [2.75, 3.05) is 31.6 Å². The number of anilines is 1. The Balaban J connectivity index is 1.66. The molecule has 0 aromatic heterocycles. The topological polar surface area (TPSA) is 105 Å². The molecule has 32 heavy (non-hydrogen) atoms. The van der Waals surface area contributed by atoms with E-state index in [4.69, 9.17) is 4.74 Å². The van der Waals surface area contributed by atoms with Crippen molar-refractivity contribution in [3.63, 3.8) is 0 Å². The normalized spacial score (nSPS) is 14.5. The first kappa shape index (κ1) is 23.7. The van der Waals surface area contributed by atoms with Crippen molar-refractivity contribution >= 4 is 27.5 Å². The molecule has 0 bridgehead atoms. The van der Waals surface area contributed by atoms with E-state index in [2.05, 4.69) is 10.6 Å². The van der Waals surface area contributed by atoms with Crippen LogP contribution in [0.15, 0.2) is 53.4 Å². The molecule has 0 saturated carbocycles. The minimum absolute atomic E-state index is 0.0350. The van der Waals surface area contributed by atoms with E-state index in [1.54, 1.807) is 30.3 Å². The maximum atomic E-state index is 13.0. The Hall–Kier alpha value is -2.91. The fourth-order valence-electron chi connectivity index (χ4n) is 3.50. The number of hydrogen-bond acceptors (Lipinski definition) is 5. The lowest BCUT2D eigenvalue weighted by molar-refractivity contribution is -0.116. The maximum Gasteiger partial charge on any atom is 0.251 e. The van der Waals surface area contributed by atoms with Crippen molar-refractivity contribution in [1.82, 2.24) is 9.62 Å². The third kappa shape index (κ3) is 6.08. The van der Waals surface area contributed by atoms with E-state index >= 15 is 0 Å². The summed E-state index contributed by atoms with van der Waals surface area (Å²) in [6, 6.07) is 13.2. The lowest BCUT2D eigenvalue weighted by atomic mass is 10.2. The number of carbonyl (C=O) groups is 2. The molecule has 9 heteroatoms. The standard InChI is InChI=1S/C23H29N3O5S/c1-2-31-21-12-11-19(32(29,30)26-15-7-4-8-16-26)17-20(21)25-22(27)13-14-24-23(28)18-9-5-3-6-10-18/h3,5-6,9-12,17H,2,4,7-8,13-16H2,1H3,(H,24,28)(H,25,27). The van der Waals surface area contributed by atoms with Gasteiger partial charge in [-0.1, -0.05) is 24.6 Å². The van der Waals surface area contributed by atoms with Crippen LogP contribution in [-0.4, -0.2) is 50.8 Å². The van der Waals surface area contributed by atoms with Gasteiger partial charge in [0.25, 0.3) is 5.91 Å². The third-order valence-electron chi connectivity index (χ3n) is 5.15. The summed E-state index contributed by atoms with van der Waals surface area (Å²) in [4.78, 5) is 24.7. The smallest absolute Gasteiger partial charge is 0.251 e. The van der Waals surface area contributed by atoms with Crippen LogP contribution < -0.4 is 15.4 Å². The highest BCUT2D eigenvalue weighted by Crippen LogP contribution is 2.30. The third-order valence-corrected chi connectivity index (χ3v) is 7.05. The average molecular weight is 460 g/mol. The van der Waals surface area contributed by atoms with Gasteiger partial charge in [0.2, 0.25) is 15.9 Å². The largest absolute Gasteiger partial charge is 0.492 e. The van der Waals surface area contributed by atoms with Crippen molar-refractivity contribution in [2.24, 2.45) is 0 Å². The fraction of sp³-hybridized carbons (Fsp3) is 0.391. The summed E-state index contributed by atoms with van der Waals surface area (Å²) >= 11 is 0. The zero-order valence-electron chi connectivity index (χ0n) is 18.2. The lowest BCUT2D eigenvalue weighted by Gasteiger charge is -2.26. The number of hydrogen-bond donors (Lipinski definition) is 2. The molecule has 2 aromatic rings. The van der Waals surface area contributed by atoms with Crippen molar-refractivity contribution < 1.29 is 22.7 Å². The van der Waals surface area contributed by atoms with E-state index in [1.165, 1.54) is 16.4 Å². The number of sulfonamides is 1. The van der Waals surface area contributed by atoms with E-state index in [9.17, 15) is 18.0 Å². The van der Waals surface area contributed by atoms with E-state index in [0.29, 0.717) is 36.7 Å². The van der Waals surface area contributed by atoms with Gasteiger partial charge in [0, 0.05) is 31.6 Å². The van der Waals surface area contributed by atoms with Crippen LogP contribution in [0.5, 0.6) is 5.75 Å². The molecule has 0 spiro atoms. The number of rotatable bonds is 9. The van der Waals surface area contributed by atoms with Crippen LogP contribution in [0.4, 0.5) is 5.69 Å². The SMILES string of the molecule is CCOc1ccc(S(=O)(=O)N2CCCCC2)cc1NC(=O)CCNC(=O)c1ccccc1. The molecule has 1 saturated heterocycles. The van der Waals surface area contributed by atoms with E-state index in [1.807, 2.05) is 13.0 Å². The summed E-state index contributed by atoms with van der Waals surface area (Å²) in [5, 5.41) is 5.43. The molecule has 3 rings (SSSR count). The summed E-state index contributed by atoms with van der Waals surface area (Å²) in [6.45, 7) is 3.32. The molecule has 1 heterocycles. The van der Waals surface area contributed by atoms with Gasteiger partial charge in [0.15, 0.2) is 0 Å². The summed E-state index contributed by atoms with van der Waals surface area (Å²) in [5.74, 6) is -0.221. The second-order valence-electron chi connectivity index (χ2n) is 7.48. The van der Waals surface area contributed by atoms with Crippen molar-refractivity contribution in [3.05, 3.63) is 54.1 Å². The molecule has 172 valence electrons. The Morgan fingerprint density at radius 1 is 1.03 bits per heavy atom. The molecule has 1 aliphatic rings. The Morgan fingerprint density at radius 2 is 1.75 bits per heavy atom. The van der Waals surface area contributed by atoms with Gasteiger partial charge in [-0.05, 0) is 50.1 Å². The van der Waals surface area contributed by atoms with Gasteiger partial charge in [-0.25, -0.2) is 8.42 Å². The molecule has 0 radical (unpaired) electrons. The Kier molecular flexibility index (Phi) is 8.24. The molecule has 1 aliphatic heterocycles. The van der Waals surface area contributed by atoms with Gasteiger partial charge >= 0.3 is 0 Å². The highest BCUT2D eigenvalue weighted by Gasteiger charge is 2.27. The first-order chi connectivity index (χ1) is 15.4. The monoisotopic (exact) mass is 459 g/mol. The van der Waals surface area contributed by atoms with E-state index in [0.717, 1.165) is 19.3 Å². The summed E-state index contributed by atoms with van der Waals surface area (Å²) in [6.07, 6.45) is 2.74. The van der Waals surface area contributed by atoms with Gasteiger partial charge in [0.1, 0.15) is 5.75 Å². The molecule has 0 aliphatic carbocycles. The first-order valence-corrected chi connectivity index (χ1v) is 12.3. The summed E-state index contributed by atoms with van der Waals surface area (Å²) in [5.41, 5.74) is 0.812. The van der Waals surface area contributed by atoms with Crippen molar-refractivity contribution in [3.8, 4) is 5.75 Å². The zero-order chi connectivity index (χ0) is 23.0. The number of nitrogens with zero attached hydrogens (tertiary/aromatic N) is 1. The van der Waals surface area contributed by atoms with Gasteiger partial charge in [-0.3, -0.25) is 9.59 Å². The predicted molar refractivity (Wildman–Crippen MR) is 122 cm³/mol. The highest BCUT2D eigenvalue weighted by molar-refractivity contribution is 7.89. The molecule has 2 amide bonds. The highest BCUT2D eigenvalue weighted by atomic mass is 32.2. The molecule has 2 aromatic carbocycles. The quantitative estimate of drug-likeness (QED) is 0.600. The van der Waals surface area contributed by atoms with Crippen molar-refractivity contribution in [1.29, 1.82) is 0 Å². The minimum atomic E-state index is -3.64. The van der Waals surface area contributed by atoms with Crippen LogP contribution in [-0.2, 0) is 14.8 Å².